The molecule has 3 atom stereocenters. The lowest BCUT2D eigenvalue weighted by Gasteiger charge is -2.15. The van der Waals surface area contributed by atoms with Gasteiger partial charge in [-0.2, -0.15) is 0 Å². The van der Waals surface area contributed by atoms with Crippen molar-refractivity contribution in [1.29, 1.82) is 0 Å². The molecule has 1 aliphatic carbocycles. The third-order valence-corrected chi connectivity index (χ3v) is 4.77. The summed E-state index contributed by atoms with van der Waals surface area (Å²) in [6.45, 7) is 0. The minimum absolute atomic E-state index is 0.0673. The van der Waals surface area contributed by atoms with E-state index in [-0.39, 0.29) is 16.2 Å². The monoisotopic (exact) mass is 245 g/mol. The van der Waals surface area contributed by atoms with Crippen molar-refractivity contribution in [2.45, 2.75) is 35.4 Å². The Labute approximate surface area is 95.3 Å². The van der Waals surface area contributed by atoms with E-state index in [1.807, 2.05) is 0 Å². The molecule has 0 aromatic heterocycles. The number of hydrogen-bond donors (Lipinski definition) is 1. The van der Waals surface area contributed by atoms with Crippen LogP contribution < -0.4 is 5.73 Å². The molecular formula is C11H13F2NOS. The van der Waals surface area contributed by atoms with Gasteiger partial charge in [-0.1, -0.05) is 6.42 Å². The average Bonchev–Trinajstić information content (AvgIpc) is 2.67. The molecule has 16 heavy (non-hydrogen) atoms. The predicted molar refractivity (Wildman–Crippen MR) is 58.4 cm³/mol. The molecule has 3 unspecified atom stereocenters. The Morgan fingerprint density at radius 2 is 2.06 bits per heavy atom. The minimum Gasteiger partial charge on any atom is -0.327 e. The Morgan fingerprint density at radius 3 is 2.69 bits per heavy atom. The van der Waals surface area contributed by atoms with E-state index in [1.165, 1.54) is 0 Å². The van der Waals surface area contributed by atoms with Crippen LogP contribution in [-0.2, 0) is 10.8 Å². The first-order chi connectivity index (χ1) is 7.59. The fourth-order valence-electron chi connectivity index (χ4n) is 2.01. The van der Waals surface area contributed by atoms with Crippen LogP contribution >= 0.6 is 0 Å². The first-order valence-electron chi connectivity index (χ1n) is 5.21. The van der Waals surface area contributed by atoms with Crippen LogP contribution in [0.1, 0.15) is 19.3 Å². The van der Waals surface area contributed by atoms with Crippen molar-refractivity contribution in [2.24, 2.45) is 5.73 Å². The van der Waals surface area contributed by atoms with Gasteiger partial charge in [-0.3, -0.25) is 4.21 Å². The van der Waals surface area contributed by atoms with Crippen LogP contribution in [0.3, 0.4) is 0 Å². The van der Waals surface area contributed by atoms with Crippen LogP contribution in [0.15, 0.2) is 23.1 Å². The second-order valence-corrected chi connectivity index (χ2v) is 5.65. The molecule has 0 radical (unpaired) electrons. The van der Waals surface area contributed by atoms with E-state index in [1.54, 1.807) is 0 Å². The van der Waals surface area contributed by atoms with E-state index < -0.39 is 22.4 Å². The molecule has 0 heterocycles. The highest BCUT2D eigenvalue weighted by molar-refractivity contribution is 7.85. The first-order valence-corrected chi connectivity index (χ1v) is 6.42. The predicted octanol–water partition coefficient (Wildman–Crippen LogP) is 1.95. The van der Waals surface area contributed by atoms with Gasteiger partial charge in [-0.25, -0.2) is 8.78 Å². The third-order valence-electron chi connectivity index (χ3n) is 2.89. The highest BCUT2D eigenvalue weighted by Crippen LogP contribution is 2.27. The van der Waals surface area contributed by atoms with E-state index in [4.69, 9.17) is 5.73 Å². The fourth-order valence-corrected chi connectivity index (χ4v) is 3.66. The molecule has 1 aromatic carbocycles. The van der Waals surface area contributed by atoms with Gasteiger partial charge in [0.1, 0.15) is 11.6 Å². The molecule has 2 nitrogen and oxygen atoms in total. The van der Waals surface area contributed by atoms with E-state index in [0.29, 0.717) is 6.42 Å². The molecule has 1 saturated carbocycles. The second kappa shape index (κ2) is 4.59. The summed E-state index contributed by atoms with van der Waals surface area (Å²) in [6.07, 6.45) is 2.41. The van der Waals surface area contributed by atoms with Crippen LogP contribution in [0.5, 0.6) is 0 Å². The molecular weight excluding hydrogens is 232 g/mol. The van der Waals surface area contributed by atoms with Crippen molar-refractivity contribution in [2.75, 3.05) is 0 Å². The quantitative estimate of drug-likeness (QED) is 0.865. The molecule has 1 fully saturated rings. The molecule has 0 amide bonds. The first kappa shape index (κ1) is 11.7. The molecule has 0 saturated heterocycles. The van der Waals surface area contributed by atoms with E-state index in [0.717, 1.165) is 31.0 Å². The molecule has 2 rings (SSSR count). The summed E-state index contributed by atoms with van der Waals surface area (Å²) in [6, 6.07) is 2.84. The lowest BCUT2D eigenvalue weighted by molar-refractivity contribution is 0.568. The van der Waals surface area contributed by atoms with Crippen molar-refractivity contribution in [1.82, 2.24) is 0 Å². The molecule has 0 bridgehead atoms. The number of hydrogen-bond acceptors (Lipinski definition) is 2. The van der Waals surface area contributed by atoms with Crippen molar-refractivity contribution in [3.8, 4) is 0 Å². The van der Waals surface area contributed by atoms with E-state index in [9.17, 15) is 13.0 Å². The summed E-state index contributed by atoms with van der Waals surface area (Å²) in [5.74, 6) is -1.20. The van der Waals surface area contributed by atoms with E-state index in [2.05, 4.69) is 0 Å². The van der Waals surface area contributed by atoms with Gasteiger partial charge in [0, 0.05) is 6.04 Å². The van der Waals surface area contributed by atoms with Gasteiger partial charge < -0.3 is 5.73 Å². The Bertz CT molecular complexity index is 424. The van der Waals surface area contributed by atoms with Crippen LogP contribution in [0.4, 0.5) is 8.78 Å². The molecule has 88 valence electrons. The SMILES string of the molecule is NC1CCCC1S(=O)c1cc(F)ccc1F. The lowest BCUT2D eigenvalue weighted by atomic mass is 10.3. The summed E-state index contributed by atoms with van der Waals surface area (Å²) >= 11 is 0. The summed E-state index contributed by atoms with van der Waals surface area (Å²) in [4.78, 5) is -0.0673. The van der Waals surface area contributed by atoms with Gasteiger partial charge in [-0.15, -0.1) is 0 Å². The smallest absolute Gasteiger partial charge is 0.139 e. The number of halogens is 2. The van der Waals surface area contributed by atoms with Gasteiger partial charge in [0.25, 0.3) is 0 Å². The van der Waals surface area contributed by atoms with Gasteiger partial charge in [-0.05, 0) is 31.0 Å². The van der Waals surface area contributed by atoms with Crippen LogP contribution in [-0.4, -0.2) is 15.5 Å². The molecule has 1 aromatic rings. The molecule has 1 aliphatic rings. The van der Waals surface area contributed by atoms with Crippen LogP contribution in [0.25, 0.3) is 0 Å². The van der Waals surface area contributed by atoms with Crippen molar-refractivity contribution >= 4 is 10.8 Å². The maximum absolute atomic E-state index is 13.4. The van der Waals surface area contributed by atoms with Gasteiger partial charge in [0.15, 0.2) is 0 Å². The highest BCUT2D eigenvalue weighted by Gasteiger charge is 2.31. The van der Waals surface area contributed by atoms with Crippen molar-refractivity contribution in [3.05, 3.63) is 29.8 Å². The summed E-state index contributed by atoms with van der Waals surface area (Å²) in [7, 11) is -1.55. The average molecular weight is 245 g/mol. The molecule has 0 aliphatic heterocycles. The molecule has 5 heteroatoms. The normalized spacial score (nSPS) is 26.9. The van der Waals surface area contributed by atoms with Gasteiger partial charge in [0.2, 0.25) is 0 Å². The zero-order valence-electron chi connectivity index (χ0n) is 8.66. The summed E-state index contributed by atoms with van der Waals surface area (Å²) in [5, 5.41) is -0.253. The largest absolute Gasteiger partial charge is 0.327 e. The molecule has 0 spiro atoms. The van der Waals surface area contributed by atoms with Gasteiger partial charge >= 0.3 is 0 Å². The van der Waals surface area contributed by atoms with Crippen LogP contribution in [0.2, 0.25) is 0 Å². The number of rotatable bonds is 2. The molecule has 2 N–H and O–H groups in total. The Balaban J connectivity index is 2.29. The second-order valence-electron chi connectivity index (χ2n) is 4.01. The number of nitrogens with two attached hydrogens (primary N) is 1. The Kier molecular flexibility index (Phi) is 3.35. The van der Waals surface area contributed by atoms with Crippen molar-refractivity contribution in [3.63, 3.8) is 0 Å². The van der Waals surface area contributed by atoms with E-state index >= 15 is 0 Å². The summed E-state index contributed by atoms with van der Waals surface area (Å²) < 4.78 is 38.4. The Hall–Kier alpha value is -0.810. The van der Waals surface area contributed by atoms with Gasteiger partial charge in [0.05, 0.1) is 20.9 Å². The topological polar surface area (TPSA) is 43.1 Å². The summed E-state index contributed by atoms with van der Waals surface area (Å²) in [5.41, 5.74) is 5.80. The van der Waals surface area contributed by atoms with Crippen molar-refractivity contribution < 1.29 is 13.0 Å². The maximum Gasteiger partial charge on any atom is 0.139 e. The highest BCUT2D eigenvalue weighted by atomic mass is 32.2. The zero-order valence-corrected chi connectivity index (χ0v) is 9.47. The standard InChI is InChI=1S/C11H13F2NOS/c12-7-4-5-8(13)11(6-7)16(15)10-3-1-2-9(10)14/h4-6,9-10H,1-3,14H2. The zero-order chi connectivity index (χ0) is 11.7. The maximum atomic E-state index is 13.4. The fraction of sp³-hybridized carbons (Fsp3) is 0.455. The Morgan fingerprint density at radius 1 is 1.31 bits per heavy atom. The number of benzene rings is 1. The third kappa shape index (κ3) is 2.15. The minimum atomic E-state index is -1.55. The lowest BCUT2D eigenvalue weighted by Crippen LogP contribution is -2.32. The van der Waals surface area contributed by atoms with Crippen LogP contribution in [0, 0.1) is 11.6 Å².